The van der Waals surface area contributed by atoms with E-state index in [9.17, 15) is 0 Å². The van der Waals surface area contributed by atoms with Gasteiger partial charge in [-0.15, -0.1) is 11.8 Å². The average Bonchev–Trinajstić information content (AvgIpc) is 2.96. The van der Waals surface area contributed by atoms with Crippen LogP contribution in [-0.4, -0.2) is 26.7 Å². The molecule has 0 spiro atoms. The maximum absolute atomic E-state index is 5.48. The number of hydrogen-bond donors (Lipinski definition) is 1. The van der Waals surface area contributed by atoms with Gasteiger partial charge < -0.3 is 4.98 Å². The Labute approximate surface area is 142 Å². The fraction of sp³-hybridized carbons (Fsp3) is 0.714. The molecule has 1 N–H and O–H groups in total. The molecule has 0 amide bonds. The Morgan fingerprint density at radius 1 is 1.25 bits per heavy atom. The fourth-order valence-corrected chi connectivity index (χ4v) is 6.49. The summed E-state index contributed by atoms with van der Waals surface area (Å²) in [4.78, 5) is 8.29. The molecule has 1 saturated carbocycles. The Kier molecular flexibility index (Phi) is 5.16. The second-order valence-corrected chi connectivity index (χ2v) is 9.42. The molecular formula is C14H19BrN2S3. The summed E-state index contributed by atoms with van der Waals surface area (Å²) < 4.78 is 1.74. The molecule has 1 aliphatic heterocycles. The van der Waals surface area contributed by atoms with Gasteiger partial charge in [0.2, 0.25) is 0 Å². The highest BCUT2D eigenvalue weighted by molar-refractivity contribution is 9.10. The maximum atomic E-state index is 5.48. The SMILES string of the molecule is CC1SCCSC1c1nc(=S)c(Br)c(C2CCCC2)[nH]1. The first-order chi connectivity index (χ1) is 9.66. The van der Waals surface area contributed by atoms with Crippen LogP contribution in [0.1, 0.15) is 55.3 Å². The van der Waals surface area contributed by atoms with E-state index in [1.165, 1.54) is 42.9 Å². The summed E-state index contributed by atoms with van der Waals surface area (Å²) in [6.07, 6.45) is 5.21. The lowest BCUT2D eigenvalue weighted by molar-refractivity contribution is 0.672. The van der Waals surface area contributed by atoms with Crippen molar-refractivity contribution in [2.24, 2.45) is 0 Å². The largest absolute Gasteiger partial charge is 0.345 e. The summed E-state index contributed by atoms with van der Waals surface area (Å²) in [6.45, 7) is 2.30. The standard InChI is InChI=1S/C14H19BrN2S3/c1-8-12(20-7-6-19-8)13-16-11(9-4-2-3-5-9)10(15)14(18)17-13/h8-9,12H,2-7H2,1H3,(H,16,17,18). The Morgan fingerprint density at radius 2 is 1.95 bits per heavy atom. The molecule has 20 heavy (non-hydrogen) atoms. The molecule has 2 aliphatic rings. The predicted octanol–water partition coefficient (Wildman–Crippen LogP) is 5.47. The minimum Gasteiger partial charge on any atom is -0.345 e. The Hall–Kier alpha value is 0.480. The molecule has 1 aromatic rings. The lowest BCUT2D eigenvalue weighted by Crippen LogP contribution is -2.19. The molecule has 0 aromatic carbocycles. The molecule has 110 valence electrons. The zero-order chi connectivity index (χ0) is 14.1. The molecular weight excluding hydrogens is 372 g/mol. The Morgan fingerprint density at radius 3 is 2.65 bits per heavy atom. The van der Waals surface area contributed by atoms with Crippen LogP contribution in [0.5, 0.6) is 0 Å². The van der Waals surface area contributed by atoms with Gasteiger partial charge in [-0.3, -0.25) is 0 Å². The molecule has 1 aromatic heterocycles. The van der Waals surface area contributed by atoms with Crippen molar-refractivity contribution >= 4 is 51.7 Å². The molecule has 0 bridgehead atoms. The highest BCUT2D eigenvalue weighted by atomic mass is 79.9. The molecule has 6 heteroatoms. The third-order valence-electron chi connectivity index (χ3n) is 4.13. The van der Waals surface area contributed by atoms with Gasteiger partial charge in [-0.25, -0.2) is 4.98 Å². The number of rotatable bonds is 2. The second-order valence-electron chi connectivity index (χ2n) is 5.50. The summed E-state index contributed by atoms with van der Waals surface area (Å²) in [6, 6.07) is 0. The zero-order valence-corrected chi connectivity index (χ0v) is 15.6. The van der Waals surface area contributed by atoms with E-state index in [2.05, 4.69) is 32.8 Å². The number of thioether (sulfide) groups is 2. The van der Waals surface area contributed by atoms with Gasteiger partial charge in [0.1, 0.15) is 10.5 Å². The van der Waals surface area contributed by atoms with Crippen molar-refractivity contribution in [2.45, 2.75) is 49.0 Å². The first-order valence-corrected chi connectivity index (χ1v) is 10.5. The molecule has 2 unspecified atom stereocenters. The normalized spacial score (nSPS) is 27.9. The minimum absolute atomic E-state index is 0.448. The van der Waals surface area contributed by atoms with E-state index in [-0.39, 0.29) is 0 Å². The topological polar surface area (TPSA) is 28.7 Å². The van der Waals surface area contributed by atoms with Gasteiger partial charge in [-0.05, 0) is 28.8 Å². The highest BCUT2D eigenvalue weighted by Gasteiger charge is 2.28. The van der Waals surface area contributed by atoms with E-state index < -0.39 is 0 Å². The van der Waals surface area contributed by atoms with E-state index in [1.54, 1.807) is 0 Å². The van der Waals surface area contributed by atoms with Crippen LogP contribution in [0.3, 0.4) is 0 Å². The van der Waals surface area contributed by atoms with Gasteiger partial charge in [0.25, 0.3) is 0 Å². The Balaban J connectivity index is 1.97. The summed E-state index contributed by atoms with van der Waals surface area (Å²) in [5.41, 5.74) is 1.29. The average molecular weight is 391 g/mol. The van der Waals surface area contributed by atoms with Crippen molar-refractivity contribution in [3.8, 4) is 0 Å². The molecule has 2 heterocycles. The van der Waals surface area contributed by atoms with Gasteiger partial charge in [0, 0.05) is 28.4 Å². The number of aromatic nitrogens is 2. The van der Waals surface area contributed by atoms with Crippen molar-refractivity contribution in [2.75, 3.05) is 11.5 Å². The second kappa shape index (κ2) is 6.71. The lowest BCUT2D eigenvalue weighted by Gasteiger charge is -2.28. The molecule has 2 nitrogen and oxygen atoms in total. The Bertz CT molecular complexity index is 540. The van der Waals surface area contributed by atoms with Crippen molar-refractivity contribution in [3.05, 3.63) is 20.6 Å². The quantitative estimate of drug-likeness (QED) is 0.677. The lowest BCUT2D eigenvalue weighted by atomic mass is 10.0. The summed E-state index contributed by atoms with van der Waals surface area (Å²) in [5.74, 6) is 4.17. The van der Waals surface area contributed by atoms with E-state index in [1.807, 2.05) is 23.5 Å². The maximum Gasteiger partial charge on any atom is 0.144 e. The van der Waals surface area contributed by atoms with E-state index in [0.29, 0.717) is 16.4 Å². The summed E-state index contributed by atoms with van der Waals surface area (Å²) in [7, 11) is 0. The van der Waals surface area contributed by atoms with Crippen molar-refractivity contribution in [1.82, 2.24) is 9.97 Å². The van der Waals surface area contributed by atoms with Crippen LogP contribution < -0.4 is 0 Å². The summed E-state index contributed by atoms with van der Waals surface area (Å²) >= 11 is 13.2. The highest BCUT2D eigenvalue weighted by Crippen LogP contribution is 2.43. The number of halogens is 1. The van der Waals surface area contributed by atoms with Crippen LogP contribution in [0.25, 0.3) is 0 Å². The minimum atomic E-state index is 0.448. The number of aromatic amines is 1. The predicted molar refractivity (Wildman–Crippen MR) is 95.4 cm³/mol. The van der Waals surface area contributed by atoms with E-state index in [0.717, 1.165) is 14.9 Å². The van der Waals surface area contributed by atoms with E-state index >= 15 is 0 Å². The third kappa shape index (κ3) is 3.13. The molecule has 1 aliphatic carbocycles. The van der Waals surface area contributed by atoms with Gasteiger partial charge in [-0.1, -0.05) is 32.0 Å². The fourth-order valence-electron chi connectivity index (χ4n) is 3.06. The first-order valence-electron chi connectivity index (χ1n) is 7.19. The molecule has 3 rings (SSSR count). The zero-order valence-electron chi connectivity index (χ0n) is 11.5. The molecule has 2 fully saturated rings. The number of H-pyrrole nitrogens is 1. The van der Waals surface area contributed by atoms with Crippen LogP contribution >= 0.6 is 51.7 Å². The van der Waals surface area contributed by atoms with Crippen molar-refractivity contribution < 1.29 is 0 Å². The van der Waals surface area contributed by atoms with Crippen LogP contribution in [0, 0.1) is 4.64 Å². The van der Waals surface area contributed by atoms with Crippen molar-refractivity contribution in [3.63, 3.8) is 0 Å². The van der Waals surface area contributed by atoms with Crippen LogP contribution in [0.2, 0.25) is 0 Å². The summed E-state index contributed by atoms with van der Waals surface area (Å²) in [5, 5.41) is 1.05. The van der Waals surface area contributed by atoms with Crippen LogP contribution in [0.15, 0.2) is 4.47 Å². The molecule has 2 atom stereocenters. The monoisotopic (exact) mass is 390 g/mol. The van der Waals surface area contributed by atoms with Gasteiger partial charge in [0.15, 0.2) is 0 Å². The van der Waals surface area contributed by atoms with Gasteiger partial charge in [-0.2, -0.15) is 11.8 Å². The molecule has 0 radical (unpaired) electrons. The number of hydrogen-bond acceptors (Lipinski definition) is 4. The van der Waals surface area contributed by atoms with Gasteiger partial charge >= 0.3 is 0 Å². The third-order valence-corrected chi connectivity index (χ3v) is 8.59. The first kappa shape index (κ1) is 15.4. The number of nitrogens with zero attached hydrogens (tertiary/aromatic N) is 1. The number of nitrogens with one attached hydrogen (secondary N) is 1. The molecule has 1 saturated heterocycles. The van der Waals surface area contributed by atoms with Crippen LogP contribution in [0.4, 0.5) is 0 Å². The van der Waals surface area contributed by atoms with Crippen LogP contribution in [-0.2, 0) is 0 Å². The van der Waals surface area contributed by atoms with Crippen molar-refractivity contribution in [1.29, 1.82) is 0 Å². The van der Waals surface area contributed by atoms with Gasteiger partial charge in [0.05, 0.1) is 9.72 Å². The smallest absolute Gasteiger partial charge is 0.144 e. The van der Waals surface area contributed by atoms with E-state index in [4.69, 9.17) is 12.2 Å².